The van der Waals surface area contributed by atoms with Crippen LogP contribution in [0, 0.1) is 5.92 Å². The van der Waals surface area contributed by atoms with Gasteiger partial charge in [-0.2, -0.15) is 0 Å². The largest absolute Gasteiger partial charge is 0.493 e. The van der Waals surface area contributed by atoms with Crippen molar-refractivity contribution in [3.8, 4) is 27.6 Å². The number of rotatable bonds is 8. The molecular weight excluding hydrogens is 416 g/mol. The van der Waals surface area contributed by atoms with E-state index >= 15 is 0 Å². The van der Waals surface area contributed by atoms with Crippen LogP contribution in [-0.2, 0) is 6.54 Å². The van der Waals surface area contributed by atoms with Crippen molar-refractivity contribution in [3.63, 3.8) is 0 Å². The number of nitrogens with one attached hydrogen (secondary N) is 1. The van der Waals surface area contributed by atoms with E-state index in [4.69, 9.17) is 9.72 Å². The number of nitrogens with zero attached hydrogens (tertiary/aromatic N) is 1. The Morgan fingerprint density at radius 2 is 1.66 bits per heavy atom. The average molecular weight is 443 g/mol. The molecule has 0 fully saturated rings. The Balaban J connectivity index is 1.33. The van der Waals surface area contributed by atoms with Crippen LogP contribution in [0.25, 0.3) is 21.8 Å². The van der Waals surface area contributed by atoms with Crippen molar-refractivity contribution in [2.24, 2.45) is 5.92 Å². The summed E-state index contributed by atoms with van der Waals surface area (Å²) in [5, 5.41) is 6.04. The van der Waals surface area contributed by atoms with Gasteiger partial charge in [0.25, 0.3) is 5.91 Å². The highest BCUT2D eigenvalue weighted by Crippen LogP contribution is 2.29. The Bertz CT molecular complexity index is 1150. The van der Waals surface area contributed by atoms with Crippen molar-refractivity contribution < 1.29 is 9.53 Å². The second-order valence-corrected chi connectivity index (χ2v) is 8.87. The molecule has 5 heteroatoms. The third-order valence-corrected chi connectivity index (χ3v) is 5.82. The minimum absolute atomic E-state index is 0.100. The Kier molecular flexibility index (Phi) is 6.97. The molecule has 1 N–H and O–H groups in total. The number of hydrogen-bond acceptors (Lipinski definition) is 4. The molecule has 0 unspecified atom stereocenters. The lowest BCUT2D eigenvalue weighted by molar-refractivity contribution is 0.0951. The van der Waals surface area contributed by atoms with Crippen LogP contribution in [0.4, 0.5) is 0 Å². The van der Waals surface area contributed by atoms with E-state index in [1.54, 1.807) is 23.5 Å². The highest BCUT2D eigenvalue weighted by molar-refractivity contribution is 7.13. The number of benzene rings is 3. The van der Waals surface area contributed by atoms with E-state index < -0.39 is 0 Å². The fraction of sp³-hybridized carbons (Fsp3) is 0.185. The van der Waals surface area contributed by atoms with Gasteiger partial charge in [-0.3, -0.25) is 4.79 Å². The zero-order chi connectivity index (χ0) is 22.3. The quantitative estimate of drug-likeness (QED) is 0.341. The molecule has 3 aromatic carbocycles. The molecule has 0 aliphatic rings. The number of carbonyl (C=O) groups excluding carboxylic acids is 1. The van der Waals surface area contributed by atoms with Gasteiger partial charge < -0.3 is 10.1 Å². The summed E-state index contributed by atoms with van der Waals surface area (Å²) in [6.07, 6.45) is 0. The highest BCUT2D eigenvalue weighted by Gasteiger charge is 2.08. The molecule has 1 amide bonds. The first-order chi connectivity index (χ1) is 15.6. The van der Waals surface area contributed by atoms with Crippen LogP contribution in [-0.4, -0.2) is 17.5 Å². The Hall–Kier alpha value is -3.44. The van der Waals surface area contributed by atoms with Crippen LogP contribution in [0.5, 0.6) is 5.75 Å². The molecule has 4 nitrogen and oxygen atoms in total. The number of hydrogen-bond donors (Lipinski definition) is 1. The van der Waals surface area contributed by atoms with Gasteiger partial charge in [0.1, 0.15) is 10.8 Å². The summed E-state index contributed by atoms with van der Waals surface area (Å²) in [7, 11) is 0. The van der Waals surface area contributed by atoms with E-state index in [0.29, 0.717) is 24.6 Å². The molecule has 4 rings (SSSR count). The topological polar surface area (TPSA) is 51.2 Å². The van der Waals surface area contributed by atoms with Crippen molar-refractivity contribution in [3.05, 3.63) is 95.4 Å². The summed E-state index contributed by atoms with van der Waals surface area (Å²) < 4.78 is 5.67. The minimum atomic E-state index is -0.100. The smallest absolute Gasteiger partial charge is 0.251 e. The molecule has 1 heterocycles. The SMILES string of the molecule is CC(C)COc1ccc(C(=O)NCc2ccc(-c3nc(-c4ccccc4)cs3)cc2)cc1. The van der Waals surface area contributed by atoms with Crippen LogP contribution in [0.3, 0.4) is 0 Å². The molecular formula is C27H26N2O2S. The molecule has 32 heavy (non-hydrogen) atoms. The standard InChI is InChI=1S/C27H26N2O2S/c1-19(2)17-31-24-14-12-22(13-15-24)26(30)28-16-20-8-10-23(11-9-20)27-29-25(18-32-27)21-6-4-3-5-7-21/h3-15,18-19H,16-17H2,1-2H3,(H,28,30). The van der Waals surface area contributed by atoms with Crippen molar-refractivity contribution >= 4 is 17.2 Å². The molecule has 0 atom stereocenters. The van der Waals surface area contributed by atoms with Gasteiger partial charge in [-0.25, -0.2) is 4.98 Å². The maximum Gasteiger partial charge on any atom is 0.251 e. The fourth-order valence-electron chi connectivity index (χ4n) is 3.16. The lowest BCUT2D eigenvalue weighted by atomic mass is 10.1. The molecule has 0 saturated heterocycles. The first-order valence-electron chi connectivity index (χ1n) is 10.7. The van der Waals surface area contributed by atoms with E-state index in [1.807, 2.05) is 42.5 Å². The Morgan fingerprint density at radius 3 is 2.34 bits per heavy atom. The molecule has 1 aromatic heterocycles. The van der Waals surface area contributed by atoms with E-state index in [0.717, 1.165) is 33.1 Å². The molecule has 0 spiro atoms. The zero-order valence-electron chi connectivity index (χ0n) is 18.2. The van der Waals surface area contributed by atoms with Crippen LogP contribution in [0.2, 0.25) is 0 Å². The van der Waals surface area contributed by atoms with Crippen molar-refractivity contribution in [1.29, 1.82) is 0 Å². The fourth-order valence-corrected chi connectivity index (χ4v) is 4.00. The van der Waals surface area contributed by atoms with Gasteiger partial charge in [0.2, 0.25) is 0 Å². The molecule has 0 saturated carbocycles. The molecule has 4 aromatic rings. The van der Waals surface area contributed by atoms with E-state index in [1.165, 1.54) is 0 Å². The Labute approximate surface area is 192 Å². The van der Waals surface area contributed by atoms with Gasteiger partial charge in [0.15, 0.2) is 0 Å². The predicted octanol–water partition coefficient (Wildman–Crippen LogP) is 6.44. The lowest BCUT2D eigenvalue weighted by Crippen LogP contribution is -2.22. The summed E-state index contributed by atoms with van der Waals surface area (Å²) in [5.74, 6) is 1.14. The average Bonchev–Trinajstić information content (AvgIpc) is 3.33. The summed E-state index contributed by atoms with van der Waals surface area (Å²) >= 11 is 1.63. The molecule has 0 aliphatic heterocycles. The lowest BCUT2D eigenvalue weighted by Gasteiger charge is -2.10. The van der Waals surface area contributed by atoms with Crippen LogP contribution < -0.4 is 10.1 Å². The minimum Gasteiger partial charge on any atom is -0.493 e. The van der Waals surface area contributed by atoms with Crippen molar-refractivity contribution in [2.45, 2.75) is 20.4 Å². The maximum absolute atomic E-state index is 12.5. The van der Waals surface area contributed by atoms with Crippen molar-refractivity contribution in [1.82, 2.24) is 10.3 Å². The number of thiazole rings is 1. The Morgan fingerprint density at radius 1 is 0.938 bits per heavy atom. The first-order valence-corrected chi connectivity index (χ1v) is 11.6. The normalized spacial score (nSPS) is 10.8. The second-order valence-electron chi connectivity index (χ2n) is 8.01. The van der Waals surface area contributed by atoms with Gasteiger partial charge in [0.05, 0.1) is 12.3 Å². The molecule has 162 valence electrons. The van der Waals surface area contributed by atoms with E-state index in [2.05, 4.69) is 48.8 Å². The summed E-state index contributed by atoms with van der Waals surface area (Å²) in [4.78, 5) is 17.2. The highest BCUT2D eigenvalue weighted by atomic mass is 32.1. The third kappa shape index (κ3) is 5.62. The number of amides is 1. The monoisotopic (exact) mass is 442 g/mol. The number of carbonyl (C=O) groups is 1. The molecule has 0 aliphatic carbocycles. The van der Waals surface area contributed by atoms with Crippen LogP contribution >= 0.6 is 11.3 Å². The second kappa shape index (κ2) is 10.2. The van der Waals surface area contributed by atoms with Gasteiger partial charge in [-0.1, -0.05) is 68.4 Å². The third-order valence-electron chi connectivity index (χ3n) is 4.93. The predicted molar refractivity (Wildman–Crippen MR) is 131 cm³/mol. The van der Waals surface area contributed by atoms with Crippen molar-refractivity contribution in [2.75, 3.05) is 6.61 Å². The first kappa shape index (κ1) is 21.8. The van der Waals surface area contributed by atoms with E-state index in [-0.39, 0.29) is 5.91 Å². The maximum atomic E-state index is 12.5. The number of aromatic nitrogens is 1. The summed E-state index contributed by atoms with van der Waals surface area (Å²) in [6.45, 7) is 5.34. The summed E-state index contributed by atoms with van der Waals surface area (Å²) in [6, 6.07) is 25.6. The number of ether oxygens (including phenoxy) is 1. The van der Waals surface area contributed by atoms with Gasteiger partial charge in [-0.05, 0) is 35.7 Å². The molecule has 0 bridgehead atoms. The molecule has 0 radical (unpaired) electrons. The zero-order valence-corrected chi connectivity index (χ0v) is 19.1. The van der Waals surface area contributed by atoms with Crippen LogP contribution in [0.15, 0.2) is 84.2 Å². The summed E-state index contributed by atoms with van der Waals surface area (Å²) in [5.41, 5.74) is 4.84. The van der Waals surface area contributed by atoms with Crippen LogP contribution in [0.1, 0.15) is 29.8 Å². The van der Waals surface area contributed by atoms with E-state index in [9.17, 15) is 4.79 Å². The van der Waals surface area contributed by atoms with Gasteiger partial charge in [-0.15, -0.1) is 11.3 Å². The van der Waals surface area contributed by atoms with Gasteiger partial charge >= 0.3 is 0 Å². The van der Waals surface area contributed by atoms with Gasteiger partial charge in [0, 0.05) is 28.6 Å².